The smallest absolute Gasteiger partial charge is 0.271 e. The fourth-order valence-corrected chi connectivity index (χ4v) is 1.92. The fourth-order valence-electron chi connectivity index (χ4n) is 1.92. The normalized spacial score (nSPS) is 10.8. The highest BCUT2D eigenvalue weighted by Gasteiger charge is 2.12. The molecule has 1 heterocycles. The van der Waals surface area contributed by atoms with Crippen LogP contribution in [0.5, 0.6) is 0 Å². The predicted octanol–water partition coefficient (Wildman–Crippen LogP) is 1.46. The van der Waals surface area contributed by atoms with Crippen LogP contribution in [0.25, 0.3) is 11.3 Å². The molecule has 0 fully saturated rings. The summed E-state index contributed by atoms with van der Waals surface area (Å²) in [4.78, 5) is 11.8. The van der Waals surface area contributed by atoms with Crippen molar-refractivity contribution in [2.75, 3.05) is 0 Å². The van der Waals surface area contributed by atoms with Gasteiger partial charge in [-0.1, -0.05) is 12.1 Å². The predicted molar refractivity (Wildman–Crippen MR) is 68.8 cm³/mol. The molecule has 0 spiro atoms. The second-order valence-electron chi connectivity index (χ2n) is 4.33. The molecule has 0 saturated carbocycles. The standard InChI is InChI=1S/C13H17N3O/c1-8-4-5-10(6-9(8)2)12-11(7-14)13(17)16(3)15-12/h4-6,15H,7,14H2,1-3H3. The second-order valence-corrected chi connectivity index (χ2v) is 4.33. The van der Waals surface area contributed by atoms with Crippen LogP contribution in [0.15, 0.2) is 23.0 Å². The summed E-state index contributed by atoms with van der Waals surface area (Å²) in [6.45, 7) is 4.37. The number of aromatic amines is 1. The van der Waals surface area contributed by atoms with Gasteiger partial charge in [0.05, 0.1) is 11.3 Å². The number of nitrogens with one attached hydrogen (secondary N) is 1. The Morgan fingerprint density at radius 2 is 2.00 bits per heavy atom. The lowest BCUT2D eigenvalue weighted by Crippen LogP contribution is -2.17. The number of aromatic nitrogens is 2. The number of rotatable bonds is 2. The maximum Gasteiger partial charge on any atom is 0.271 e. The van der Waals surface area contributed by atoms with E-state index >= 15 is 0 Å². The zero-order chi connectivity index (χ0) is 12.6. The molecular weight excluding hydrogens is 214 g/mol. The maximum absolute atomic E-state index is 11.8. The zero-order valence-corrected chi connectivity index (χ0v) is 10.4. The van der Waals surface area contributed by atoms with Crippen molar-refractivity contribution in [2.45, 2.75) is 20.4 Å². The summed E-state index contributed by atoms with van der Waals surface area (Å²) in [5.74, 6) is 0. The fraction of sp³-hybridized carbons (Fsp3) is 0.308. The van der Waals surface area contributed by atoms with Crippen molar-refractivity contribution in [3.05, 3.63) is 45.2 Å². The van der Waals surface area contributed by atoms with Crippen LogP contribution in [0.4, 0.5) is 0 Å². The molecule has 0 bridgehead atoms. The van der Waals surface area contributed by atoms with Crippen molar-refractivity contribution in [3.8, 4) is 11.3 Å². The lowest BCUT2D eigenvalue weighted by Gasteiger charge is -2.04. The first-order chi connectivity index (χ1) is 8.04. The SMILES string of the molecule is Cc1ccc(-c2[nH]n(C)c(=O)c2CN)cc1C. The molecule has 1 aromatic heterocycles. The molecule has 0 saturated heterocycles. The molecule has 4 heteroatoms. The first kappa shape index (κ1) is 11.7. The van der Waals surface area contributed by atoms with E-state index in [0.29, 0.717) is 5.56 Å². The van der Waals surface area contributed by atoms with Gasteiger partial charge < -0.3 is 5.73 Å². The lowest BCUT2D eigenvalue weighted by molar-refractivity contribution is 0.739. The molecular formula is C13H17N3O. The summed E-state index contributed by atoms with van der Waals surface area (Å²) in [6, 6.07) is 6.13. The number of benzene rings is 1. The van der Waals surface area contributed by atoms with Crippen LogP contribution in [0, 0.1) is 13.8 Å². The van der Waals surface area contributed by atoms with Gasteiger partial charge in [-0.05, 0) is 31.0 Å². The van der Waals surface area contributed by atoms with E-state index < -0.39 is 0 Å². The number of hydrogen-bond acceptors (Lipinski definition) is 2. The Kier molecular flexibility index (Phi) is 2.90. The van der Waals surface area contributed by atoms with E-state index in [1.54, 1.807) is 7.05 Å². The number of nitrogens with zero attached hydrogens (tertiary/aromatic N) is 1. The number of hydrogen-bond donors (Lipinski definition) is 2. The highest BCUT2D eigenvalue weighted by molar-refractivity contribution is 5.64. The average Bonchev–Trinajstić information content (AvgIpc) is 2.59. The molecule has 2 rings (SSSR count). The third kappa shape index (κ3) is 1.91. The molecule has 0 amide bonds. The zero-order valence-electron chi connectivity index (χ0n) is 10.4. The van der Waals surface area contributed by atoms with E-state index in [1.807, 2.05) is 6.07 Å². The molecule has 0 unspecified atom stereocenters. The minimum Gasteiger partial charge on any atom is -0.326 e. The Morgan fingerprint density at radius 1 is 1.29 bits per heavy atom. The Labute approximate surface area is 100 Å². The number of nitrogens with two attached hydrogens (primary N) is 1. The molecule has 2 aromatic rings. The third-order valence-electron chi connectivity index (χ3n) is 3.14. The maximum atomic E-state index is 11.8. The highest BCUT2D eigenvalue weighted by atomic mass is 16.1. The number of H-pyrrole nitrogens is 1. The van der Waals surface area contributed by atoms with Gasteiger partial charge in [-0.15, -0.1) is 0 Å². The molecule has 0 radical (unpaired) electrons. The van der Waals surface area contributed by atoms with Crippen molar-refractivity contribution >= 4 is 0 Å². The van der Waals surface area contributed by atoms with Gasteiger partial charge in [0.2, 0.25) is 0 Å². The minimum absolute atomic E-state index is 0.0549. The van der Waals surface area contributed by atoms with Gasteiger partial charge >= 0.3 is 0 Å². The van der Waals surface area contributed by atoms with Gasteiger partial charge in [0.15, 0.2) is 0 Å². The van der Waals surface area contributed by atoms with Crippen molar-refractivity contribution in [3.63, 3.8) is 0 Å². The minimum atomic E-state index is -0.0549. The molecule has 4 nitrogen and oxygen atoms in total. The largest absolute Gasteiger partial charge is 0.326 e. The monoisotopic (exact) mass is 231 g/mol. The van der Waals surface area contributed by atoms with Gasteiger partial charge in [-0.25, -0.2) is 0 Å². The van der Waals surface area contributed by atoms with E-state index in [9.17, 15) is 4.79 Å². The van der Waals surface area contributed by atoms with E-state index in [1.165, 1.54) is 15.8 Å². The van der Waals surface area contributed by atoms with Crippen molar-refractivity contribution in [1.82, 2.24) is 9.78 Å². The average molecular weight is 231 g/mol. The summed E-state index contributed by atoms with van der Waals surface area (Å²) < 4.78 is 1.46. The Hall–Kier alpha value is -1.81. The summed E-state index contributed by atoms with van der Waals surface area (Å²) in [5, 5.41) is 3.05. The molecule has 1 aromatic carbocycles. The summed E-state index contributed by atoms with van der Waals surface area (Å²) in [5.41, 5.74) is 10.5. The van der Waals surface area contributed by atoms with Crippen LogP contribution >= 0.6 is 0 Å². The summed E-state index contributed by atoms with van der Waals surface area (Å²) in [6.07, 6.45) is 0. The number of aryl methyl sites for hydroxylation is 3. The van der Waals surface area contributed by atoms with E-state index in [0.717, 1.165) is 11.3 Å². The molecule has 90 valence electrons. The molecule has 17 heavy (non-hydrogen) atoms. The molecule has 0 aliphatic rings. The second kappa shape index (κ2) is 4.22. The van der Waals surface area contributed by atoms with Crippen LogP contribution in [0.2, 0.25) is 0 Å². The molecule has 3 N–H and O–H groups in total. The quantitative estimate of drug-likeness (QED) is 0.821. The van der Waals surface area contributed by atoms with Gasteiger partial charge in [-0.3, -0.25) is 14.6 Å². The Bertz CT molecular complexity index is 608. The van der Waals surface area contributed by atoms with Crippen LogP contribution in [0.1, 0.15) is 16.7 Å². The Balaban J connectivity index is 2.64. The summed E-state index contributed by atoms with van der Waals surface area (Å²) in [7, 11) is 1.70. The van der Waals surface area contributed by atoms with Crippen molar-refractivity contribution < 1.29 is 0 Å². The molecule has 0 aliphatic heterocycles. The first-order valence-electron chi connectivity index (χ1n) is 5.60. The van der Waals surface area contributed by atoms with E-state index in [4.69, 9.17) is 5.73 Å². The summed E-state index contributed by atoms with van der Waals surface area (Å²) >= 11 is 0. The first-order valence-corrected chi connectivity index (χ1v) is 5.60. The molecule has 0 aliphatic carbocycles. The van der Waals surface area contributed by atoms with E-state index in [-0.39, 0.29) is 12.1 Å². The molecule has 0 atom stereocenters. The van der Waals surface area contributed by atoms with Crippen LogP contribution < -0.4 is 11.3 Å². The van der Waals surface area contributed by atoms with Gasteiger partial charge in [0, 0.05) is 19.2 Å². The van der Waals surface area contributed by atoms with Gasteiger partial charge in [0.25, 0.3) is 5.56 Å². The van der Waals surface area contributed by atoms with E-state index in [2.05, 4.69) is 31.1 Å². The van der Waals surface area contributed by atoms with Crippen LogP contribution in [-0.2, 0) is 13.6 Å². The van der Waals surface area contributed by atoms with Crippen molar-refractivity contribution in [1.29, 1.82) is 0 Å². The lowest BCUT2D eigenvalue weighted by atomic mass is 10.0. The van der Waals surface area contributed by atoms with Crippen LogP contribution in [-0.4, -0.2) is 9.78 Å². The topological polar surface area (TPSA) is 63.8 Å². The van der Waals surface area contributed by atoms with Gasteiger partial charge in [-0.2, -0.15) is 0 Å². The van der Waals surface area contributed by atoms with Crippen LogP contribution in [0.3, 0.4) is 0 Å². The van der Waals surface area contributed by atoms with Crippen molar-refractivity contribution in [2.24, 2.45) is 12.8 Å². The highest BCUT2D eigenvalue weighted by Crippen LogP contribution is 2.22. The Morgan fingerprint density at radius 3 is 2.59 bits per heavy atom. The third-order valence-corrected chi connectivity index (χ3v) is 3.14. The van der Waals surface area contributed by atoms with Gasteiger partial charge in [0.1, 0.15) is 0 Å².